The first-order valence-corrected chi connectivity index (χ1v) is 20.9. The summed E-state index contributed by atoms with van der Waals surface area (Å²) >= 11 is 1.94. The Labute approximate surface area is 323 Å². The van der Waals surface area contributed by atoms with E-state index in [0.29, 0.717) is 17.9 Å². The van der Waals surface area contributed by atoms with E-state index < -0.39 is 0 Å². The Kier molecular flexibility index (Phi) is 7.76. The molecule has 4 unspecified atom stereocenters. The van der Waals surface area contributed by atoms with Crippen molar-refractivity contribution in [3.8, 4) is 11.1 Å². The fourth-order valence-corrected chi connectivity index (χ4v) is 11.4. The zero-order chi connectivity index (χ0) is 35.8. The van der Waals surface area contributed by atoms with E-state index in [1.54, 1.807) is 11.1 Å². The fraction of sp³-hybridized carbons (Fsp3) is 0.240. The second-order valence-electron chi connectivity index (χ2n) is 15.8. The summed E-state index contributed by atoms with van der Waals surface area (Å²) in [4.78, 5) is 6.75. The van der Waals surface area contributed by atoms with E-state index in [9.17, 15) is 0 Å². The zero-order valence-electron chi connectivity index (χ0n) is 30.8. The highest BCUT2D eigenvalue weighted by Crippen LogP contribution is 2.57. The molecule has 4 aromatic rings. The number of fused-ring (bicyclic) bond motifs is 7. The Morgan fingerprint density at radius 1 is 0.778 bits per heavy atom. The predicted molar refractivity (Wildman–Crippen MR) is 229 cm³/mol. The highest BCUT2D eigenvalue weighted by molar-refractivity contribution is 8.00. The molecule has 3 aliphatic heterocycles. The molecular weight excluding hydrogens is 675 g/mol. The molecule has 0 amide bonds. The Bertz CT molecular complexity index is 2490. The van der Waals surface area contributed by atoms with E-state index in [1.165, 1.54) is 84.9 Å². The van der Waals surface area contributed by atoms with Gasteiger partial charge in [-0.3, -0.25) is 0 Å². The molecule has 0 fully saturated rings. The minimum atomic E-state index is 0.279. The summed E-state index contributed by atoms with van der Waals surface area (Å²) in [6.45, 7) is 2.48. The Morgan fingerprint density at radius 3 is 2.56 bits per heavy atom. The molecule has 0 saturated heterocycles. The van der Waals surface area contributed by atoms with Gasteiger partial charge in [-0.2, -0.15) is 0 Å². The van der Waals surface area contributed by atoms with E-state index >= 15 is 0 Å². The molecular formula is C50H45N3S. The third-order valence-electron chi connectivity index (χ3n) is 12.6. The molecule has 4 aromatic carbocycles. The van der Waals surface area contributed by atoms with Crippen molar-refractivity contribution in [2.75, 3.05) is 10.2 Å². The second kappa shape index (κ2) is 13.0. The van der Waals surface area contributed by atoms with Gasteiger partial charge in [0.2, 0.25) is 0 Å². The summed E-state index contributed by atoms with van der Waals surface area (Å²) in [5.74, 6) is 0.762. The average molecular weight is 720 g/mol. The first-order valence-electron chi connectivity index (χ1n) is 20.1. The molecule has 1 N–H and O–H groups in total. The molecule has 4 aliphatic carbocycles. The largest absolute Gasteiger partial charge is 0.368 e. The van der Waals surface area contributed by atoms with Gasteiger partial charge in [0.25, 0.3) is 0 Å². The van der Waals surface area contributed by atoms with Crippen LogP contribution in [0.5, 0.6) is 0 Å². The van der Waals surface area contributed by atoms with E-state index in [1.807, 2.05) is 11.8 Å². The van der Waals surface area contributed by atoms with Crippen LogP contribution in [0.15, 0.2) is 173 Å². The average Bonchev–Trinajstić information content (AvgIpc) is 3.78. The lowest BCUT2D eigenvalue weighted by Gasteiger charge is -2.39. The van der Waals surface area contributed by atoms with Gasteiger partial charge in [0.15, 0.2) is 0 Å². The maximum Gasteiger partial charge on any atom is 0.102 e. The number of nitrogens with one attached hydrogen (secondary N) is 1. The summed E-state index contributed by atoms with van der Waals surface area (Å²) in [5, 5.41) is 6.72. The van der Waals surface area contributed by atoms with Gasteiger partial charge in [-0.1, -0.05) is 128 Å². The molecule has 11 rings (SSSR count). The number of anilines is 3. The molecule has 7 aliphatic rings. The van der Waals surface area contributed by atoms with Crippen LogP contribution in [-0.4, -0.2) is 16.3 Å². The number of hydrogen-bond acceptors (Lipinski definition) is 4. The van der Waals surface area contributed by atoms with Crippen molar-refractivity contribution in [2.24, 2.45) is 11.8 Å². The van der Waals surface area contributed by atoms with Gasteiger partial charge < -0.3 is 15.1 Å². The highest BCUT2D eigenvalue weighted by Gasteiger charge is 2.46. The summed E-state index contributed by atoms with van der Waals surface area (Å²) in [5.41, 5.74) is 16.5. The Balaban J connectivity index is 1.08. The van der Waals surface area contributed by atoms with Gasteiger partial charge >= 0.3 is 0 Å². The van der Waals surface area contributed by atoms with Gasteiger partial charge in [-0.15, -0.1) is 0 Å². The number of para-hydroxylation sites is 1. The Hall–Kier alpha value is -5.19. The number of hydrogen-bond donors (Lipinski definition) is 1. The van der Waals surface area contributed by atoms with Crippen LogP contribution in [0.3, 0.4) is 0 Å². The number of rotatable bonds is 4. The SMILES string of the molecule is CC1CCCC2=C1N(c1cccc3c(-c4ccc5c(c4)NC(C4=CCCC=C4)S5)cccc13)c1ccccc1C1=C2C2C=CC=CC2N1C1=CC=CCC1. The molecule has 0 bridgehead atoms. The Morgan fingerprint density at radius 2 is 1.65 bits per heavy atom. The highest BCUT2D eigenvalue weighted by atomic mass is 32.2. The number of thioether (sulfide) groups is 1. The number of nitrogens with zero attached hydrogens (tertiary/aromatic N) is 2. The van der Waals surface area contributed by atoms with Gasteiger partial charge in [-0.05, 0) is 114 Å². The maximum absolute atomic E-state index is 3.85. The smallest absolute Gasteiger partial charge is 0.102 e. The zero-order valence-corrected chi connectivity index (χ0v) is 31.7. The second-order valence-corrected chi connectivity index (χ2v) is 16.9. The van der Waals surface area contributed by atoms with Gasteiger partial charge in [0.1, 0.15) is 5.37 Å². The van der Waals surface area contributed by atoms with E-state index in [4.69, 9.17) is 0 Å². The maximum atomic E-state index is 3.85. The van der Waals surface area contributed by atoms with Gasteiger partial charge in [0, 0.05) is 38.8 Å². The van der Waals surface area contributed by atoms with Crippen LogP contribution in [0.4, 0.5) is 17.1 Å². The molecule has 54 heavy (non-hydrogen) atoms. The van der Waals surface area contributed by atoms with Crippen LogP contribution in [0.25, 0.3) is 27.6 Å². The monoisotopic (exact) mass is 719 g/mol. The lowest BCUT2D eigenvalue weighted by Crippen LogP contribution is -2.34. The predicted octanol–water partition coefficient (Wildman–Crippen LogP) is 13.2. The molecule has 0 aromatic heterocycles. The topological polar surface area (TPSA) is 18.5 Å². The first-order chi connectivity index (χ1) is 26.7. The van der Waals surface area contributed by atoms with Crippen LogP contribution in [0.1, 0.15) is 57.4 Å². The van der Waals surface area contributed by atoms with Crippen LogP contribution in [-0.2, 0) is 0 Å². The molecule has 0 saturated carbocycles. The van der Waals surface area contributed by atoms with Crippen LogP contribution < -0.4 is 10.2 Å². The first kappa shape index (κ1) is 32.3. The summed E-state index contributed by atoms with van der Waals surface area (Å²) in [6.07, 6.45) is 31.4. The van der Waals surface area contributed by atoms with Crippen molar-refractivity contribution in [1.82, 2.24) is 4.90 Å². The van der Waals surface area contributed by atoms with Crippen molar-refractivity contribution < 1.29 is 0 Å². The standard InChI is InChI=1S/C50H45N3S/c1-32-15-12-25-41-47-39-20-8-10-26-44(39)52(35-18-6-3-7-19-35)49(47)40-21-9-11-27-45(40)53(48(32)41)43-28-14-23-37-36(22-13-24-38(37)43)34-29-30-46-42(31-34)51-50(54-46)33-16-4-2-5-17-33/h3-4,6,8-11,13-14,16-18,20-24,26-32,39,44,50-51H,2,5,7,12,15,19,25H2,1H3. The minimum Gasteiger partial charge on any atom is -0.368 e. The molecule has 4 heteroatoms. The molecule has 266 valence electrons. The van der Waals surface area contributed by atoms with Crippen molar-refractivity contribution in [3.05, 3.63) is 173 Å². The van der Waals surface area contributed by atoms with Crippen molar-refractivity contribution >= 4 is 45.3 Å². The quantitative estimate of drug-likeness (QED) is 0.226. The molecule has 0 radical (unpaired) electrons. The van der Waals surface area contributed by atoms with Gasteiger partial charge in [-0.25, -0.2) is 0 Å². The summed E-state index contributed by atoms with van der Waals surface area (Å²) in [6, 6.07) is 30.6. The van der Waals surface area contributed by atoms with E-state index in [-0.39, 0.29) is 5.37 Å². The molecule has 0 spiro atoms. The van der Waals surface area contributed by atoms with Crippen molar-refractivity contribution in [3.63, 3.8) is 0 Å². The molecule has 4 atom stereocenters. The van der Waals surface area contributed by atoms with E-state index in [2.05, 4.69) is 162 Å². The summed E-state index contributed by atoms with van der Waals surface area (Å²) < 4.78 is 0. The number of benzene rings is 4. The lowest BCUT2D eigenvalue weighted by molar-refractivity contribution is 0.385. The molecule has 3 nitrogen and oxygen atoms in total. The molecule has 3 heterocycles. The third kappa shape index (κ3) is 5.03. The normalized spacial score (nSPS) is 25.1. The third-order valence-corrected chi connectivity index (χ3v) is 13.9. The van der Waals surface area contributed by atoms with Crippen molar-refractivity contribution in [2.45, 2.75) is 68.2 Å². The van der Waals surface area contributed by atoms with E-state index in [0.717, 1.165) is 32.1 Å². The van der Waals surface area contributed by atoms with Gasteiger partial charge in [0.05, 0.1) is 23.1 Å². The van der Waals surface area contributed by atoms with Crippen LogP contribution >= 0.6 is 11.8 Å². The number of allylic oxidation sites excluding steroid dienone is 10. The lowest BCUT2D eigenvalue weighted by atomic mass is 9.78. The minimum absolute atomic E-state index is 0.279. The fourth-order valence-electron chi connectivity index (χ4n) is 10.3. The summed E-state index contributed by atoms with van der Waals surface area (Å²) in [7, 11) is 0. The van der Waals surface area contributed by atoms with Crippen LogP contribution in [0, 0.1) is 11.8 Å². The van der Waals surface area contributed by atoms with Crippen LogP contribution in [0.2, 0.25) is 0 Å². The van der Waals surface area contributed by atoms with Crippen molar-refractivity contribution in [1.29, 1.82) is 0 Å².